The zero-order valence-electron chi connectivity index (χ0n) is 8.70. The lowest BCUT2D eigenvalue weighted by Gasteiger charge is -2.03. The highest BCUT2D eigenvalue weighted by Gasteiger charge is 2.09. The number of aldehydes is 1. The Balaban J connectivity index is 2.33. The summed E-state index contributed by atoms with van der Waals surface area (Å²) in [6.45, 7) is 0. The van der Waals surface area contributed by atoms with Crippen molar-refractivity contribution in [3.05, 3.63) is 41.8 Å². The van der Waals surface area contributed by atoms with E-state index in [2.05, 4.69) is 15.0 Å². The third-order valence-corrected chi connectivity index (χ3v) is 3.27. The Hall–Kier alpha value is -2.14. The summed E-state index contributed by atoms with van der Waals surface area (Å²) in [4.78, 5) is 23.4. The first-order valence-electron chi connectivity index (χ1n) is 4.97. The normalized spacial score (nSPS) is 10.6. The number of hydrogen-bond acceptors (Lipinski definition) is 5. The van der Waals surface area contributed by atoms with E-state index in [0.717, 1.165) is 27.8 Å². The van der Waals surface area contributed by atoms with Crippen LogP contribution >= 0.6 is 11.3 Å². The minimum Gasteiger partial charge on any atom is -0.298 e. The maximum atomic E-state index is 11.1. The van der Waals surface area contributed by atoms with Crippen molar-refractivity contribution < 1.29 is 4.79 Å². The summed E-state index contributed by atoms with van der Waals surface area (Å²) >= 11 is 1.50. The lowest BCUT2D eigenvalue weighted by atomic mass is 10.1. The minimum atomic E-state index is 0.603. The summed E-state index contributed by atoms with van der Waals surface area (Å²) in [7, 11) is 0. The van der Waals surface area contributed by atoms with Gasteiger partial charge in [0.15, 0.2) is 6.29 Å². The minimum absolute atomic E-state index is 0.603. The second-order valence-corrected chi connectivity index (χ2v) is 4.37. The third-order valence-electron chi connectivity index (χ3n) is 2.47. The van der Waals surface area contributed by atoms with Crippen LogP contribution in [0.15, 0.2) is 36.2 Å². The molecule has 0 fully saturated rings. The average molecular weight is 241 g/mol. The molecule has 3 rings (SSSR count). The van der Waals surface area contributed by atoms with Gasteiger partial charge in [-0.15, -0.1) is 11.3 Å². The van der Waals surface area contributed by atoms with Crippen molar-refractivity contribution >= 4 is 28.5 Å². The summed E-state index contributed by atoms with van der Waals surface area (Å²) in [5, 5.41) is 3.62. The molecule has 3 aromatic rings. The second-order valence-electron chi connectivity index (χ2n) is 3.48. The highest BCUT2D eigenvalue weighted by atomic mass is 32.1. The van der Waals surface area contributed by atoms with E-state index in [9.17, 15) is 4.79 Å². The van der Waals surface area contributed by atoms with Crippen LogP contribution in [-0.2, 0) is 0 Å². The Bertz CT molecular complexity index is 679. The molecule has 0 spiro atoms. The molecule has 5 heteroatoms. The van der Waals surface area contributed by atoms with Crippen LogP contribution in [0.1, 0.15) is 10.4 Å². The zero-order valence-corrected chi connectivity index (χ0v) is 9.52. The molecule has 0 amide bonds. The molecule has 0 aliphatic rings. The lowest BCUT2D eigenvalue weighted by molar-refractivity contribution is 0.112. The summed E-state index contributed by atoms with van der Waals surface area (Å²) in [6.07, 6.45) is 5.76. The predicted molar refractivity (Wildman–Crippen MR) is 66.0 cm³/mol. The smallest absolute Gasteiger partial charge is 0.150 e. The number of carbonyl (C=O) groups is 1. The molecule has 2 aromatic heterocycles. The van der Waals surface area contributed by atoms with Gasteiger partial charge in [-0.1, -0.05) is 0 Å². The lowest BCUT2D eigenvalue weighted by Crippen LogP contribution is -1.90. The number of benzene rings is 1. The quantitative estimate of drug-likeness (QED) is 0.647. The number of thiazole rings is 1. The molecule has 0 aliphatic carbocycles. The van der Waals surface area contributed by atoms with Crippen LogP contribution in [0, 0.1) is 0 Å². The molecule has 82 valence electrons. The number of aromatic nitrogens is 3. The van der Waals surface area contributed by atoms with Crippen molar-refractivity contribution in [3.8, 4) is 10.6 Å². The second kappa shape index (κ2) is 4.03. The van der Waals surface area contributed by atoms with Gasteiger partial charge in [0.1, 0.15) is 11.3 Å². The van der Waals surface area contributed by atoms with Crippen molar-refractivity contribution in [2.45, 2.75) is 0 Å². The van der Waals surface area contributed by atoms with Crippen LogP contribution in [0.5, 0.6) is 0 Å². The molecule has 0 saturated heterocycles. The van der Waals surface area contributed by atoms with Crippen molar-refractivity contribution in [3.63, 3.8) is 0 Å². The highest BCUT2D eigenvalue weighted by Crippen LogP contribution is 2.28. The fraction of sp³-hybridized carbons (Fsp3) is 0. The van der Waals surface area contributed by atoms with Gasteiger partial charge in [0.2, 0.25) is 0 Å². The van der Waals surface area contributed by atoms with E-state index in [-0.39, 0.29) is 0 Å². The SMILES string of the molecule is O=Cc1cc2ncncc2cc1-c1nccs1. The van der Waals surface area contributed by atoms with Crippen LogP contribution in [0.3, 0.4) is 0 Å². The Labute approximate surface area is 101 Å². The molecule has 0 N–H and O–H groups in total. The molecule has 0 aliphatic heterocycles. The van der Waals surface area contributed by atoms with Gasteiger partial charge in [-0.05, 0) is 12.1 Å². The first kappa shape index (κ1) is 10.0. The molecule has 0 atom stereocenters. The summed E-state index contributed by atoms with van der Waals surface area (Å²) in [6, 6.07) is 3.67. The Morgan fingerprint density at radius 1 is 1.24 bits per heavy atom. The van der Waals surface area contributed by atoms with Crippen LogP contribution in [0.2, 0.25) is 0 Å². The fourth-order valence-electron chi connectivity index (χ4n) is 1.68. The van der Waals surface area contributed by atoms with E-state index in [1.807, 2.05) is 11.4 Å². The van der Waals surface area contributed by atoms with Gasteiger partial charge in [0.25, 0.3) is 0 Å². The van der Waals surface area contributed by atoms with E-state index < -0.39 is 0 Å². The van der Waals surface area contributed by atoms with Crippen molar-refractivity contribution in [2.75, 3.05) is 0 Å². The van der Waals surface area contributed by atoms with E-state index >= 15 is 0 Å². The highest BCUT2D eigenvalue weighted by molar-refractivity contribution is 7.13. The number of fused-ring (bicyclic) bond motifs is 1. The number of carbonyl (C=O) groups excluding carboxylic acids is 1. The number of rotatable bonds is 2. The van der Waals surface area contributed by atoms with Crippen molar-refractivity contribution in [1.82, 2.24) is 15.0 Å². The Morgan fingerprint density at radius 3 is 2.94 bits per heavy atom. The molecule has 0 bridgehead atoms. The monoisotopic (exact) mass is 241 g/mol. The Morgan fingerprint density at radius 2 is 2.18 bits per heavy atom. The van der Waals surface area contributed by atoms with Crippen molar-refractivity contribution in [1.29, 1.82) is 0 Å². The maximum absolute atomic E-state index is 11.1. The van der Waals surface area contributed by atoms with Gasteiger partial charge in [-0.25, -0.2) is 15.0 Å². The van der Waals surface area contributed by atoms with Crippen LogP contribution < -0.4 is 0 Å². The average Bonchev–Trinajstić information content (AvgIpc) is 2.91. The summed E-state index contributed by atoms with van der Waals surface area (Å²) < 4.78 is 0. The van der Waals surface area contributed by atoms with Gasteiger partial charge in [-0.3, -0.25) is 4.79 Å². The molecule has 4 nitrogen and oxygen atoms in total. The first-order chi connectivity index (χ1) is 8.38. The van der Waals surface area contributed by atoms with Crippen molar-refractivity contribution in [2.24, 2.45) is 0 Å². The summed E-state index contributed by atoms with van der Waals surface area (Å²) in [5.41, 5.74) is 2.20. The Kier molecular flexibility index (Phi) is 2.38. The fourth-order valence-corrected chi connectivity index (χ4v) is 2.36. The molecule has 17 heavy (non-hydrogen) atoms. The van der Waals surface area contributed by atoms with E-state index in [1.54, 1.807) is 18.5 Å². The first-order valence-corrected chi connectivity index (χ1v) is 5.85. The molecule has 0 radical (unpaired) electrons. The molecular weight excluding hydrogens is 234 g/mol. The van der Waals surface area contributed by atoms with Gasteiger partial charge in [0, 0.05) is 34.3 Å². The standard InChI is InChI=1S/C12H7N3OS/c16-6-9-4-11-8(5-13-7-15-11)3-10(9)12-14-1-2-17-12/h1-7H. The number of nitrogens with zero attached hydrogens (tertiary/aromatic N) is 3. The maximum Gasteiger partial charge on any atom is 0.150 e. The van der Waals surface area contributed by atoms with Gasteiger partial charge in [-0.2, -0.15) is 0 Å². The third kappa shape index (κ3) is 1.70. The van der Waals surface area contributed by atoms with Crippen LogP contribution in [-0.4, -0.2) is 21.2 Å². The molecule has 0 saturated carbocycles. The predicted octanol–water partition coefficient (Wildman–Crippen LogP) is 2.57. The van der Waals surface area contributed by atoms with Gasteiger partial charge in [0.05, 0.1) is 5.52 Å². The van der Waals surface area contributed by atoms with E-state index in [0.29, 0.717) is 5.56 Å². The van der Waals surface area contributed by atoms with Crippen LogP contribution in [0.25, 0.3) is 21.5 Å². The van der Waals surface area contributed by atoms with E-state index in [4.69, 9.17) is 0 Å². The zero-order chi connectivity index (χ0) is 11.7. The largest absolute Gasteiger partial charge is 0.298 e. The van der Waals surface area contributed by atoms with E-state index in [1.165, 1.54) is 17.7 Å². The topological polar surface area (TPSA) is 55.7 Å². The molecular formula is C12H7N3OS. The van der Waals surface area contributed by atoms with Gasteiger partial charge >= 0.3 is 0 Å². The van der Waals surface area contributed by atoms with Crippen LogP contribution in [0.4, 0.5) is 0 Å². The molecule has 1 aromatic carbocycles. The summed E-state index contributed by atoms with van der Waals surface area (Å²) in [5.74, 6) is 0. The van der Waals surface area contributed by atoms with Gasteiger partial charge < -0.3 is 0 Å². The molecule has 0 unspecified atom stereocenters. The molecule has 2 heterocycles. The number of hydrogen-bond donors (Lipinski definition) is 0.